The third kappa shape index (κ3) is 4.72. The van der Waals surface area contributed by atoms with Crippen LogP contribution in [-0.4, -0.2) is 26.7 Å². The highest BCUT2D eigenvalue weighted by atomic mass is 35.5. The molecule has 4 nitrogen and oxygen atoms in total. The molecule has 0 aliphatic heterocycles. The van der Waals surface area contributed by atoms with Crippen molar-refractivity contribution in [3.05, 3.63) is 27.7 Å². The lowest BCUT2D eigenvalue weighted by Crippen LogP contribution is -2.34. The fraction of sp³-hybridized carbons (Fsp3) is 0.364. The number of rotatable bonds is 4. The molecule has 0 bridgehead atoms. The fourth-order valence-electron chi connectivity index (χ4n) is 1.42. The van der Waals surface area contributed by atoms with Crippen LogP contribution in [0.25, 0.3) is 0 Å². The molecule has 0 spiro atoms. The molecule has 106 valence electrons. The molecule has 19 heavy (non-hydrogen) atoms. The smallest absolute Gasteiger partial charge is 0.387 e. The van der Waals surface area contributed by atoms with Crippen LogP contribution in [0.4, 0.5) is 8.78 Å². The second-order valence-corrected chi connectivity index (χ2v) is 4.27. The third-order valence-corrected chi connectivity index (χ3v) is 2.70. The lowest BCUT2D eigenvalue weighted by atomic mass is 10.2. The monoisotopic (exact) mass is 311 g/mol. The summed E-state index contributed by atoms with van der Waals surface area (Å²) >= 11 is 11.7. The summed E-state index contributed by atoms with van der Waals surface area (Å²) in [6.45, 7) is -2.77. The second kappa shape index (κ2) is 7.35. The summed E-state index contributed by atoms with van der Waals surface area (Å²) in [5.74, 6) is 0.402. The van der Waals surface area contributed by atoms with Crippen molar-refractivity contribution in [2.45, 2.75) is 13.2 Å². The fourth-order valence-corrected chi connectivity index (χ4v) is 2.00. The Hall–Kier alpha value is -1.27. The molecule has 0 saturated carbocycles. The number of nitrogens with one attached hydrogen (secondary N) is 2. The average Bonchev–Trinajstić information content (AvgIpc) is 2.34. The summed E-state index contributed by atoms with van der Waals surface area (Å²) in [5, 5.41) is 6.06. The highest BCUT2D eigenvalue weighted by Gasteiger charge is 2.15. The summed E-state index contributed by atoms with van der Waals surface area (Å²) in [5.41, 5.74) is 0.411. The van der Waals surface area contributed by atoms with Gasteiger partial charge >= 0.3 is 6.61 Å². The van der Waals surface area contributed by atoms with E-state index in [4.69, 9.17) is 23.2 Å². The Labute approximate surface area is 119 Å². The zero-order valence-electron chi connectivity index (χ0n) is 10.3. The van der Waals surface area contributed by atoms with Crippen LogP contribution < -0.4 is 15.4 Å². The minimum atomic E-state index is -2.96. The highest BCUT2D eigenvalue weighted by Crippen LogP contribution is 2.33. The number of hydrogen-bond donors (Lipinski definition) is 2. The number of alkyl halides is 2. The van der Waals surface area contributed by atoms with E-state index in [1.54, 1.807) is 14.1 Å². The van der Waals surface area contributed by atoms with Gasteiger partial charge in [-0.05, 0) is 12.1 Å². The maximum Gasteiger partial charge on any atom is 0.387 e. The van der Waals surface area contributed by atoms with Crippen LogP contribution in [0.3, 0.4) is 0 Å². The third-order valence-electron chi connectivity index (χ3n) is 2.20. The second-order valence-electron chi connectivity index (χ2n) is 3.43. The molecule has 0 radical (unpaired) electrons. The number of ether oxygens (including phenoxy) is 1. The molecule has 0 unspecified atom stereocenters. The summed E-state index contributed by atoms with van der Waals surface area (Å²) in [7, 11) is 3.26. The molecule has 1 aromatic carbocycles. The predicted molar refractivity (Wildman–Crippen MR) is 72.4 cm³/mol. The van der Waals surface area contributed by atoms with E-state index in [-0.39, 0.29) is 17.3 Å². The molecule has 0 aromatic heterocycles. The van der Waals surface area contributed by atoms with Crippen LogP contribution in [0, 0.1) is 0 Å². The molecular formula is C11H13Cl2F2N3O. The van der Waals surface area contributed by atoms with Crippen LogP contribution in [0.2, 0.25) is 10.0 Å². The summed E-state index contributed by atoms with van der Waals surface area (Å²) in [6.07, 6.45) is 0. The van der Waals surface area contributed by atoms with Crippen molar-refractivity contribution >= 4 is 29.2 Å². The first kappa shape index (κ1) is 15.8. The van der Waals surface area contributed by atoms with Gasteiger partial charge in [-0.2, -0.15) is 8.78 Å². The van der Waals surface area contributed by atoms with E-state index >= 15 is 0 Å². The van der Waals surface area contributed by atoms with Gasteiger partial charge in [-0.3, -0.25) is 4.99 Å². The van der Waals surface area contributed by atoms with Crippen molar-refractivity contribution < 1.29 is 13.5 Å². The highest BCUT2D eigenvalue weighted by molar-refractivity contribution is 6.35. The standard InChI is InChI=1S/C11H13Cl2F2N3O/c1-16-11(17-2)18-5-6-3-7(12)4-8(13)9(6)19-10(14)15/h3-4,10H,5H2,1-2H3,(H2,16,17,18). The van der Waals surface area contributed by atoms with Crippen molar-refractivity contribution in [1.29, 1.82) is 0 Å². The van der Waals surface area contributed by atoms with E-state index in [2.05, 4.69) is 20.4 Å². The normalized spacial score (nSPS) is 11.6. The maximum absolute atomic E-state index is 12.3. The first-order valence-corrected chi connectivity index (χ1v) is 6.04. The average molecular weight is 312 g/mol. The summed E-state index contributed by atoms with van der Waals surface area (Å²) < 4.78 is 29.1. The SMILES string of the molecule is CN=C(NC)NCc1cc(Cl)cc(Cl)c1OC(F)F. The molecule has 0 heterocycles. The molecule has 0 saturated heterocycles. The first-order valence-electron chi connectivity index (χ1n) is 5.29. The minimum Gasteiger partial charge on any atom is -0.433 e. The molecular weight excluding hydrogens is 299 g/mol. The van der Waals surface area contributed by atoms with Gasteiger partial charge in [0.15, 0.2) is 5.96 Å². The van der Waals surface area contributed by atoms with E-state index in [0.29, 0.717) is 16.5 Å². The van der Waals surface area contributed by atoms with Gasteiger partial charge in [0, 0.05) is 31.2 Å². The van der Waals surface area contributed by atoms with Gasteiger partial charge in [-0.15, -0.1) is 0 Å². The van der Waals surface area contributed by atoms with Gasteiger partial charge in [0.1, 0.15) is 5.75 Å². The van der Waals surface area contributed by atoms with Crippen LogP contribution in [0.1, 0.15) is 5.56 Å². The molecule has 2 N–H and O–H groups in total. The minimum absolute atomic E-state index is 0.0315. The molecule has 8 heteroatoms. The Morgan fingerprint density at radius 3 is 2.63 bits per heavy atom. The Kier molecular flexibility index (Phi) is 6.11. The summed E-state index contributed by atoms with van der Waals surface area (Å²) in [4.78, 5) is 3.90. The number of aliphatic imine (C=N–C) groups is 1. The molecule has 1 rings (SSSR count). The first-order chi connectivity index (χ1) is 8.97. The molecule has 1 aromatic rings. The Morgan fingerprint density at radius 1 is 1.42 bits per heavy atom. The number of hydrogen-bond acceptors (Lipinski definition) is 2. The van der Waals surface area contributed by atoms with Crippen molar-refractivity contribution in [3.8, 4) is 5.75 Å². The zero-order valence-corrected chi connectivity index (χ0v) is 11.8. The quantitative estimate of drug-likeness (QED) is 0.664. The van der Waals surface area contributed by atoms with Gasteiger partial charge in [-0.1, -0.05) is 23.2 Å². The van der Waals surface area contributed by atoms with Gasteiger partial charge in [-0.25, -0.2) is 0 Å². The van der Waals surface area contributed by atoms with Gasteiger partial charge in [0.2, 0.25) is 0 Å². The topological polar surface area (TPSA) is 45.7 Å². The molecule has 0 aliphatic carbocycles. The Morgan fingerprint density at radius 2 is 2.11 bits per heavy atom. The molecule has 0 aliphatic rings. The van der Waals surface area contributed by atoms with Crippen LogP contribution in [0.15, 0.2) is 17.1 Å². The largest absolute Gasteiger partial charge is 0.433 e. The van der Waals surface area contributed by atoms with E-state index in [9.17, 15) is 8.78 Å². The van der Waals surface area contributed by atoms with Crippen molar-refractivity contribution in [1.82, 2.24) is 10.6 Å². The number of halogens is 4. The van der Waals surface area contributed by atoms with E-state index < -0.39 is 6.61 Å². The van der Waals surface area contributed by atoms with Crippen LogP contribution in [0.5, 0.6) is 5.75 Å². The van der Waals surface area contributed by atoms with Crippen molar-refractivity contribution in [2.24, 2.45) is 4.99 Å². The number of nitrogens with zero attached hydrogens (tertiary/aromatic N) is 1. The number of guanidine groups is 1. The van der Waals surface area contributed by atoms with Crippen molar-refractivity contribution in [2.75, 3.05) is 14.1 Å². The maximum atomic E-state index is 12.3. The van der Waals surface area contributed by atoms with E-state index in [0.717, 1.165) is 0 Å². The molecule has 0 atom stereocenters. The molecule has 0 fully saturated rings. The van der Waals surface area contributed by atoms with E-state index in [1.807, 2.05) is 0 Å². The number of benzene rings is 1. The van der Waals surface area contributed by atoms with Crippen LogP contribution in [-0.2, 0) is 6.54 Å². The van der Waals surface area contributed by atoms with Gasteiger partial charge in [0.25, 0.3) is 0 Å². The summed E-state index contributed by atoms with van der Waals surface area (Å²) in [6, 6.07) is 2.85. The Bertz CT molecular complexity index is 469. The Balaban J connectivity index is 2.97. The van der Waals surface area contributed by atoms with Crippen LogP contribution >= 0.6 is 23.2 Å². The lowest BCUT2D eigenvalue weighted by molar-refractivity contribution is -0.0504. The van der Waals surface area contributed by atoms with Gasteiger partial charge in [0.05, 0.1) is 5.02 Å². The van der Waals surface area contributed by atoms with Crippen molar-refractivity contribution in [3.63, 3.8) is 0 Å². The van der Waals surface area contributed by atoms with E-state index in [1.165, 1.54) is 12.1 Å². The lowest BCUT2D eigenvalue weighted by Gasteiger charge is -2.14. The molecule has 0 amide bonds. The predicted octanol–water partition coefficient (Wildman–Crippen LogP) is 2.89. The zero-order chi connectivity index (χ0) is 14.4. The van der Waals surface area contributed by atoms with Gasteiger partial charge < -0.3 is 15.4 Å².